The minimum atomic E-state index is -0.695. The van der Waals surface area contributed by atoms with Crippen molar-refractivity contribution < 1.29 is 19.1 Å². The van der Waals surface area contributed by atoms with E-state index < -0.39 is 5.97 Å². The lowest BCUT2D eigenvalue weighted by Crippen LogP contribution is -2.17. The molecule has 0 saturated heterocycles. The number of benzene rings is 2. The molecule has 0 amide bonds. The third-order valence-electron chi connectivity index (χ3n) is 3.51. The van der Waals surface area contributed by atoms with Crippen molar-refractivity contribution in [1.29, 1.82) is 0 Å². The Bertz CT molecular complexity index is 787. The minimum Gasteiger partial charge on any atom is -0.497 e. The molecule has 0 fully saturated rings. The third kappa shape index (κ3) is 3.57. The fraction of sp³-hybridized carbons (Fsp3) is 0.176. The Morgan fingerprint density at radius 1 is 1.08 bits per heavy atom. The lowest BCUT2D eigenvalue weighted by atomic mass is 10.1. The van der Waals surface area contributed by atoms with Gasteiger partial charge < -0.3 is 25.8 Å². The van der Waals surface area contributed by atoms with Crippen LogP contribution >= 0.6 is 0 Å². The molecule has 4 N–H and O–H groups in total. The van der Waals surface area contributed by atoms with Crippen LogP contribution in [0.1, 0.15) is 21.5 Å². The van der Waals surface area contributed by atoms with E-state index in [2.05, 4.69) is 5.16 Å². The molecule has 24 heavy (non-hydrogen) atoms. The summed E-state index contributed by atoms with van der Waals surface area (Å²) in [5.74, 6) is 0.231. The Hall–Kier alpha value is -3.22. The molecule has 0 aliphatic heterocycles. The second-order valence-corrected chi connectivity index (χ2v) is 4.94. The van der Waals surface area contributed by atoms with E-state index in [4.69, 9.17) is 25.8 Å². The number of nitrogens with two attached hydrogens (primary N) is 2. The topological polar surface area (TPSA) is 109 Å². The van der Waals surface area contributed by atoms with Crippen molar-refractivity contribution in [3.63, 3.8) is 0 Å². The Labute approximate surface area is 139 Å². The highest BCUT2D eigenvalue weighted by Crippen LogP contribution is 2.25. The van der Waals surface area contributed by atoms with Crippen molar-refractivity contribution in [3.8, 4) is 11.5 Å². The summed E-state index contributed by atoms with van der Waals surface area (Å²) in [6, 6.07) is 9.96. The molecule has 0 aromatic heterocycles. The highest BCUT2D eigenvalue weighted by atomic mass is 16.7. The van der Waals surface area contributed by atoms with Gasteiger partial charge in [-0.1, -0.05) is 17.3 Å². The van der Waals surface area contributed by atoms with Gasteiger partial charge in [0, 0.05) is 17.3 Å². The molecule has 0 saturated carbocycles. The fourth-order valence-electron chi connectivity index (χ4n) is 2.09. The lowest BCUT2D eigenvalue weighted by molar-refractivity contribution is 0.0512. The van der Waals surface area contributed by atoms with Crippen LogP contribution in [0.4, 0.5) is 5.69 Å². The summed E-state index contributed by atoms with van der Waals surface area (Å²) in [7, 11) is 2.96. The Balaban J connectivity index is 2.22. The lowest BCUT2D eigenvalue weighted by Gasteiger charge is -2.09. The van der Waals surface area contributed by atoms with Gasteiger partial charge >= 0.3 is 5.97 Å². The van der Waals surface area contributed by atoms with Gasteiger partial charge in [-0.15, -0.1) is 0 Å². The van der Waals surface area contributed by atoms with E-state index in [1.165, 1.54) is 20.3 Å². The quantitative estimate of drug-likeness (QED) is 0.286. The first-order chi connectivity index (χ1) is 11.5. The number of carbonyl (C=O) groups excluding carboxylic acids is 1. The fourth-order valence-corrected chi connectivity index (χ4v) is 2.09. The normalized spacial score (nSPS) is 11.0. The number of methoxy groups -OCH3 is 2. The number of nitrogen functional groups attached to an aromatic ring is 1. The Kier molecular flexibility index (Phi) is 5.26. The van der Waals surface area contributed by atoms with Gasteiger partial charge in [0.25, 0.3) is 0 Å². The monoisotopic (exact) mass is 329 g/mol. The Morgan fingerprint density at radius 3 is 2.50 bits per heavy atom. The SMILES string of the molecule is COc1ccc(C(=O)O/N=C(\N)c2cccc(N)c2C)c(OC)c1. The second-order valence-electron chi connectivity index (χ2n) is 4.94. The summed E-state index contributed by atoms with van der Waals surface area (Å²) < 4.78 is 10.2. The van der Waals surface area contributed by atoms with Crippen LogP contribution in [0, 0.1) is 6.92 Å². The number of rotatable bonds is 5. The second kappa shape index (κ2) is 7.36. The van der Waals surface area contributed by atoms with Crippen molar-refractivity contribution in [2.75, 3.05) is 20.0 Å². The maximum Gasteiger partial charge on any atom is 0.369 e. The largest absolute Gasteiger partial charge is 0.497 e. The van der Waals surface area contributed by atoms with Gasteiger partial charge in [-0.05, 0) is 30.7 Å². The molecule has 126 valence electrons. The molecule has 0 heterocycles. The standard InChI is InChI=1S/C17H19N3O4/c1-10-12(5-4-6-14(10)18)16(19)20-24-17(21)13-8-7-11(22-2)9-15(13)23-3/h4-9H,18H2,1-3H3,(H2,19,20). The molecular weight excluding hydrogens is 310 g/mol. The van der Waals surface area contributed by atoms with Gasteiger partial charge in [0.2, 0.25) is 0 Å². The number of ether oxygens (including phenoxy) is 2. The molecule has 7 nitrogen and oxygen atoms in total. The maximum absolute atomic E-state index is 12.2. The van der Waals surface area contributed by atoms with Gasteiger partial charge in [-0.3, -0.25) is 0 Å². The smallest absolute Gasteiger partial charge is 0.369 e. The molecule has 2 aromatic rings. The molecular formula is C17H19N3O4. The first-order valence-corrected chi connectivity index (χ1v) is 7.10. The van der Waals surface area contributed by atoms with Crippen LogP contribution in [0.15, 0.2) is 41.6 Å². The molecule has 0 aliphatic carbocycles. The average molecular weight is 329 g/mol. The first kappa shape index (κ1) is 17.1. The zero-order chi connectivity index (χ0) is 17.7. The van der Waals surface area contributed by atoms with Crippen LogP contribution in [0.2, 0.25) is 0 Å². The van der Waals surface area contributed by atoms with Gasteiger partial charge in [0.15, 0.2) is 5.84 Å². The molecule has 0 spiro atoms. The van der Waals surface area contributed by atoms with Crippen molar-refractivity contribution in [2.24, 2.45) is 10.9 Å². The van der Waals surface area contributed by atoms with Gasteiger partial charge in [-0.25, -0.2) is 4.79 Å². The molecule has 0 radical (unpaired) electrons. The molecule has 0 unspecified atom stereocenters. The summed E-state index contributed by atoms with van der Waals surface area (Å²) in [6.45, 7) is 1.81. The number of carbonyl (C=O) groups is 1. The summed E-state index contributed by atoms with van der Waals surface area (Å²) in [4.78, 5) is 17.1. The molecule has 0 aliphatic rings. The summed E-state index contributed by atoms with van der Waals surface area (Å²) in [6.07, 6.45) is 0. The molecule has 0 bridgehead atoms. The Morgan fingerprint density at radius 2 is 1.83 bits per heavy atom. The molecule has 2 aromatic carbocycles. The predicted octanol–water partition coefficient (Wildman–Crippen LogP) is 2.07. The van der Waals surface area contributed by atoms with E-state index in [1.807, 2.05) is 0 Å². The number of nitrogens with zero attached hydrogens (tertiary/aromatic N) is 1. The van der Waals surface area contributed by atoms with Crippen molar-refractivity contribution in [1.82, 2.24) is 0 Å². The van der Waals surface area contributed by atoms with Crippen LogP contribution in [0.25, 0.3) is 0 Å². The van der Waals surface area contributed by atoms with Crippen molar-refractivity contribution in [2.45, 2.75) is 6.92 Å². The van der Waals surface area contributed by atoms with Crippen LogP contribution in [-0.2, 0) is 4.84 Å². The predicted molar refractivity (Wildman–Crippen MR) is 91.3 cm³/mol. The van der Waals surface area contributed by atoms with Gasteiger partial charge in [0.1, 0.15) is 17.1 Å². The van der Waals surface area contributed by atoms with Crippen molar-refractivity contribution in [3.05, 3.63) is 53.1 Å². The van der Waals surface area contributed by atoms with E-state index in [0.717, 1.165) is 5.56 Å². The van der Waals surface area contributed by atoms with E-state index >= 15 is 0 Å². The van der Waals surface area contributed by atoms with Gasteiger partial charge in [-0.2, -0.15) is 0 Å². The van der Waals surface area contributed by atoms with E-state index in [0.29, 0.717) is 22.7 Å². The number of anilines is 1. The van der Waals surface area contributed by atoms with Gasteiger partial charge in [0.05, 0.1) is 14.2 Å². The van der Waals surface area contributed by atoms with Crippen molar-refractivity contribution >= 4 is 17.5 Å². The molecule has 0 atom stereocenters. The summed E-state index contributed by atoms with van der Waals surface area (Å²) >= 11 is 0. The van der Waals surface area contributed by atoms with E-state index in [-0.39, 0.29) is 11.4 Å². The van der Waals surface area contributed by atoms with Crippen LogP contribution in [0.3, 0.4) is 0 Å². The zero-order valence-electron chi connectivity index (χ0n) is 13.7. The van der Waals surface area contributed by atoms with E-state index in [9.17, 15) is 4.79 Å². The summed E-state index contributed by atoms with van der Waals surface area (Å²) in [5.41, 5.74) is 13.8. The highest BCUT2D eigenvalue weighted by molar-refractivity contribution is 6.00. The molecule has 2 rings (SSSR count). The number of hydrogen-bond donors (Lipinski definition) is 2. The van der Waals surface area contributed by atoms with Crippen LogP contribution in [-0.4, -0.2) is 26.0 Å². The average Bonchev–Trinajstić information content (AvgIpc) is 2.61. The van der Waals surface area contributed by atoms with E-state index in [1.54, 1.807) is 37.3 Å². The molecule has 7 heteroatoms. The summed E-state index contributed by atoms with van der Waals surface area (Å²) in [5, 5.41) is 3.69. The third-order valence-corrected chi connectivity index (χ3v) is 3.51. The highest BCUT2D eigenvalue weighted by Gasteiger charge is 2.16. The van der Waals surface area contributed by atoms with Crippen LogP contribution < -0.4 is 20.9 Å². The first-order valence-electron chi connectivity index (χ1n) is 7.10. The van der Waals surface area contributed by atoms with Crippen LogP contribution in [0.5, 0.6) is 11.5 Å². The number of hydrogen-bond acceptors (Lipinski definition) is 6. The minimum absolute atomic E-state index is 0.0561. The number of amidine groups is 1. The number of oxime groups is 1. The zero-order valence-corrected chi connectivity index (χ0v) is 13.7. The maximum atomic E-state index is 12.2.